The molecule has 1 aromatic rings. The second kappa shape index (κ2) is 5.05. The summed E-state index contributed by atoms with van der Waals surface area (Å²) in [7, 11) is 1.63. The molecule has 0 spiro atoms. The Morgan fingerprint density at radius 3 is 2.71 bits per heavy atom. The van der Waals surface area contributed by atoms with Gasteiger partial charge < -0.3 is 15.4 Å². The minimum absolute atomic E-state index is 0.488. The number of nitrogens with two attached hydrogens (primary N) is 1. The van der Waals surface area contributed by atoms with E-state index in [1.54, 1.807) is 7.11 Å². The van der Waals surface area contributed by atoms with E-state index in [0.29, 0.717) is 11.6 Å². The van der Waals surface area contributed by atoms with Crippen molar-refractivity contribution in [3.8, 4) is 5.75 Å². The summed E-state index contributed by atoms with van der Waals surface area (Å²) < 4.78 is 9.32. The second-order valence-electron chi connectivity index (χ2n) is 2.99. The highest BCUT2D eigenvalue weighted by Gasteiger charge is 2.16. The smallest absolute Gasteiger partial charge is 0.197 e. The fourth-order valence-electron chi connectivity index (χ4n) is 1.35. The van der Waals surface area contributed by atoms with Crippen molar-refractivity contribution in [3.05, 3.63) is 0 Å². The van der Waals surface area contributed by atoms with Crippen LogP contribution in [0.1, 0.15) is 20.3 Å². The van der Waals surface area contributed by atoms with E-state index in [-0.39, 0.29) is 0 Å². The van der Waals surface area contributed by atoms with Crippen molar-refractivity contribution in [3.63, 3.8) is 0 Å². The maximum atomic E-state index is 5.69. The van der Waals surface area contributed by atoms with Crippen molar-refractivity contribution >= 4 is 22.4 Å². The largest absolute Gasteiger partial charge is 0.490 e. The van der Waals surface area contributed by atoms with Crippen LogP contribution in [0, 0.1) is 0 Å². The maximum Gasteiger partial charge on any atom is 0.197 e. The lowest BCUT2D eigenvalue weighted by molar-refractivity contribution is 0.417. The Bertz CT molecular complexity index is 288. The summed E-state index contributed by atoms with van der Waals surface area (Å²) >= 11 is 1.40. The molecule has 0 aliphatic carbocycles. The number of hydrogen-bond donors (Lipinski definition) is 1. The van der Waals surface area contributed by atoms with Crippen LogP contribution in [0.2, 0.25) is 0 Å². The van der Waals surface area contributed by atoms with Crippen LogP contribution >= 0.6 is 11.5 Å². The Labute approximate surface area is 88.8 Å². The van der Waals surface area contributed by atoms with E-state index in [1.165, 1.54) is 11.5 Å². The molecule has 0 bridgehead atoms. The number of rotatable bonds is 5. The molecule has 0 atom stereocenters. The van der Waals surface area contributed by atoms with Gasteiger partial charge in [-0.3, -0.25) is 0 Å². The summed E-state index contributed by atoms with van der Waals surface area (Å²) in [4.78, 5) is 2.23. The molecule has 0 aromatic carbocycles. The first-order valence-electron chi connectivity index (χ1n) is 4.78. The predicted molar refractivity (Wildman–Crippen MR) is 61.3 cm³/mol. The van der Waals surface area contributed by atoms with Crippen molar-refractivity contribution < 1.29 is 4.74 Å². The SMILES string of the molecule is CCCN(CC)c1snc(N)c1OC. The number of nitrogen functional groups attached to an aromatic ring is 1. The van der Waals surface area contributed by atoms with Crippen molar-refractivity contribution in [2.24, 2.45) is 0 Å². The van der Waals surface area contributed by atoms with Crippen molar-refractivity contribution in [1.82, 2.24) is 4.37 Å². The molecule has 2 N–H and O–H groups in total. The zero-order valence-electron chi connectivity index (χ0n) is 8.91. The summed E-state index contributed by atoms with van der Waals surface area (Å²) in [6.07, 6.45) is 1.11. The van der Waals surface area contributed by atoms with Crippen LogP contribution in [-0.4, -0.2) is 24.6 Å². The van der Waals surface area contributed by atoms with Crippen LogP contribution in [0.25, 0.3) is 0 Å². The van der Waals surface area contributed by atoms with Gasteiger partial charge in [0.1, 0.15) is 0 Å². The summed E-state index contributed by atoms with van der Waals surface area (Å²) in [5, 5.41) is 1.04. The van der Waals surface area contributed by atoms with E-state index in [9.17, 15) is 0 Å². The van der Waals surface area contributed by atoms with E-state index < -0.39 is 0 Å². The molecular weight excluding hydrogens is 198 g/mol. The van der Waals surface area contributed by atoms with Gasteiger partial charge in [0.2, 0.25) is 0 Å². The highest BCUT2D eigenvalue weighted by atomic mass is 32.1. The third kappa shape index (κ3) is 2.09. The summed E-state index contributed by atoms with van der Waals surface area (Å²) in [5.41, 5.74) is 5.69. The monoisotopic (exact) mass is 215 g/mol. The second-order valence-corrected chi connectivity index (χ2v) is 3.74. The lowest BCUT2D eigenvalue weighted by Gasteiger charge is -2.20. The Morgan fingerprint density at radius 1 is 1.50 bits per heavy atom. The molecule has 0 unspecified atom stereocenters. The zero-order chi connectivity index (χ0) is 10.6. The molecule has 1 heterocycles. The third-order valence-corrected chi connectivity index (χ3v) is 2.93. The molecule has 0 saturated heterocycles. The average Bonchev–Trinajstić information content (AvgIpc) is 2.56. The van der Waals surface area contributed by atoms with E-state index in [0.717, 1.165) is 24.5 Å². The number of methoxy groups -OCH3 is 1. The van der Waals surface area contributed by atoms with Gasteiger partial charge >= 0.3 is 0 Å². The molecule has 0 aliphatic heterocycles. The van der Waals surface area contributed by atoms with Gasteiger partial charge in [-0.1, -0.05) is 6.92 Å². The molecule has 0 aliphatic rings. The van der Waals surface area contributed by atoms with Crippen molar-refractivity contribution in [1.29, 1.82) is 0 Å². The topological polar surface area (TPSA) is 51.4 Å². The van der Waals surface area contributed by atoms with Crippen LogP contribution in [-0.2, 0) is 0 Å². The van der Waals surface area contributed by atoms with E-state index in [2.05, 4.69) is 23.1 Å². The highest BCUT2D eigenvalue weighted by Crippen LogP contribution is 2.37. The molecule has 5 heteroatoms. The van der Waals surface area contributed by atoms with Crippen LogP contribution in [0.15, 0.2) is 0 Å². The van der Waals surface area contributed by atoms with Gasteiger partial charge in [-0.15, -0.1) is 0 Å². The summed E-state index contributed by atoms with van der Waals surface area (Å²) in [5.74, 6) is 1.20. The van der Waals surface area contributed by atoms with E-state index in [1.807, 2.05) is 0 Å². The number of anilines is 2. The normalized spacial score (nSPS) is 10.2. The molecule has 0 fully saturated rings. The van der Waals surface area contributed by atoms with Crippen LogP contribution in [0.4, 0.5) is 10.8 Å². The van der Waals surface area contributed by atoms with Gasteiger partial charge in [0.15, 0.2) is 16.6 Å². The quantitative estimate of drug-likeness (QED) is 0.816. The third-order valence-electron chi connectivity index (χ3n) is 2.02. The Hall–Kier alpha value is -0.970. The lowest BCUT2D eigenvalue weighted by Crippen LogP contribution is -2.22. The average molecular weight is 215 g/mol. The van der Waals surface area contributed by atoms with Gasteiger partial charge in [0.25, 0.3) is 0 Å². The maximum absolute atomic E-state index is 5.69. The molecule has 1 rings (SSSR count). The minimum Gasteiger partial charge on any atom is -0.490 e. The van der Waals surface area contributed by atoms with Gasteiger partial charge in [-0.25, -0.2) is 0 Å². The van der Waals surface area contributed by atoms with Gasteiger partial charge in [-0.2, -0.15) is 4.37 Å². The fraction of sp³-hybridized carbons (Fsp3) is 0.667. The molecular formula is C9H17N3OS. The first kappa shape index (κ1) is 11.1. The van der Waals surface area contributed by atoms with E-state index in [4.69, 9.17) is 10.5 Å². The Kier molecular flexibility index (Phi) is 4.00. The number of hydrogen-bond acceptors (Lipinski definition) is 5. The zero-order valence-corrected chi connectivity index (χ0v) is 9.73. The first-order chi connectivity index (χ1) is 6.74. The van der Waals surface area contributed by atoms with Crippen molar-refractivity contribution in [2.45, 2.75) is 20.3 Å². The molecule has 1 aromatic heterocycles. The van der Waals surface area contributed by atoms with Gasteiger partial charge in [0, 0.05) is 13.1 Å². The molecule has 80 valence electrons. The lowest BCUT2D eigenvalue weighted by atomic mass is 10.4. The van der Waals surface area contributed by atoms with Gasteiger partial charge in [-0.05, 0) is 24.9 Å². The van der Waals surface area contributed by atoms with Crippen molar-refractivity contribution in [2.75, 3.05) is 30.8 Å². The Balaban J connectivity index is 2.91. The van der Waals surface area contributed by atoms with Gasteiger partial charge in [0.05, 0.1) is 7.11 Å². The molecule has 14 heavy (non-hydrogen) atoms. The number of nitrogens with zero attached hydrogens (tertiary/aromatic N) is 2. The van der Waals surface area contributed by atoms with Crippen LogP contribution in [0.3, 0.4) is 0 Å². The van der Waals surface area contributed by atoms with Crippen LogP contribution in [0.5, 0.6) is 5.75 Å². The van der Waals surface area contributed by atoms with Crippen LogP contribution < -0.4 is 15.4 Å². The fourth-order valence-corrected chi connectivity index (χ4v) is 2.23. The summed E-state index contributed by atoms with van der Waals surface area (Å²) in [6.45, 7) is 6.23. The first-order valence-corrected chi connectivity index (χ1v) is 5.56. The van der Waals surface area contributed by atoms with E-state index >= 15 is 0 Å². The number of aromatic nitrogens is 1. The molecule has 0 saturated carbocycles. The predicted octanol–water partition coefficient (Wildman–Crippen LogP) is 1.97. The highest BCUT2D eigenvalue weighted by molar-refractivity contribution is 7.11. The molecule has 0 radical (unpaired) electrons. The standard InChI is InChI=1S/C9H17N3OS/c1-4-6-12(5-2)9-7(13-3)8(10)11-14-9/h4-6H2,1-3H3,(H2,10,11). The molecule has 4 nitrogen and oxygen atoms in total. The minimum atomic E-state index is 0.488. The molecule has 0 amide bonds. The summed E-state index contributed by atoms with van der Waals surface area (Å²) in [6, 6.07) is 0. The number of ether oxygens (including phenoxy) is 1. The Morgan fingerprint density at radius 2 is 2.21 bits per heavy atom.